The van der Waals surface area contributed by atoms with Crippen molar-refractivity contribution in [2.75, 3.05) is 32.1 Å². The molecule has 3 heterocycles. The van der Waals surface area contributed by atoms with Crippen molar-refractivity contribution in [3.63, 3.8) is 0 Å². The number of aromatic nitrogens is 1. The molecule has 17 nitrogen and oxygen atoms in total. The summed E-state index contributed by atoms with van der Waals surface area (Å²) in [6, 6.07) is 2.52. The normalized spacial score (nSPS) is 24.4. The van der Waals surface area contributed by atoms with E-state index in [4.69, 9.17) is 23.5 Å². The van der Waals surface area contributed by atoms with E-state index in [0.29, 0.717) is 11.5 Å². The highest BCUT2D eigenvalue weighted by Gasteiger charge is 2.68. The van der Waals surface area contributed by atoms with Gasteiger partial charge in [0.2, 0.25) is 5.91 Å². The SMILES string of the molecule is CCN1CCN(C(=O)NC(C(=O)N[C@@H](Cc2cccc(C(=O)OC(C)(C)C)c2OC)B2O[C@@H]3C[C@@H]4C[C@@H](C4(C)C)[C@]3(C)O2)c2csc(NC(=O)OC(C)(C)C)n2)C(=O)C1=O. The maximum atomic E-state index is 14.8. The molecule has 0 radical (unpaired) electrons. The van der Waals surface area contributed by atoms with Crippen molar-refractivity contribution in [3.05, 3.63) is 40.4 Å². The molecule has 1 unspecified atom stereocenters. The minimum atomic E-state index is -1.54. The van der Waals surface area contributed by atoms with E-state index in [0.717, 1.165) is 29.1 Å². The molecule has 0 spiro atoms. The summed E-state index contributed by atoms with van der Waals surface area (Å²) in [7, 11) is 0.461. The number of likely N-dealkylation sites (N-methyl/N-ethyl adjacent to an activating group) is 1. The van der Waals surface area contributed by atoms with E-state index in [-0.39, 0.29) is 65.6 Å². The van der Waals surface area contributed by atoms with Gasteiger partial charge in [-0.05, 0) is 104 Å². The average Bonchev–Trinajstić information content (AvgIpc) is 3.76. The molecule has 60 heavy (non-hydrogen) atoms. The number of methoxy groups -OCH3 is 1. The first-order chi connectivity index (χ1) is 27.9. The van der Waals surface area contributed by atoms with Crippen molar-refractivity contribution in [1.82, 2.24) is 25.4 Å². The van der Waals surface area contributed by atoms with Crippen LogP contribution in [0.5, 0.6) is 5.75 Å². The van der Waals surface area contributed by atoms with Gasteiger partial charge in [0.05, 0.1) is 30.4 Å². The number of imide groups is 1. The molecule has 1 aromatic carbocycles. The minimum Gasteiger partial charge on any atom is -0.496 e. The number of nitrogens with zero attached hydrogens (tertiary/aromatic N) is 3. The molecule has 3 N–H and O–H groups in total. The van der Waals surface area contributed by atoms with Gasteiger partial charge in [-0.1, -0.05) is 26.0 Å². The topological polar surface area (TPSA) is 204 Å². The predicted molar refractivity (Wildman–Crippen MR) is 221 cm³/mol. The number of hydrogen-bond acceptors (Lipinski definition) is 13. The van der Waals surface area contributed by atoms with E-state index in [2.05, 4.69) is 41.7 Å². The lowest BCUT2D eigenvalue weighted by atomic mass is 9.43. The Hall–Kier alpha value is -4.75. The van der Waals surface area contributed by atoms with Crippen LogP contribution in [0.4, 0.5) is 14.7 Å². The maximum Gasteiger partial charge on any atom is 0.482 e. The van der Waals surface area contributed by atoms with Crippen LogP contribution in [0.1, 0.15) is 110 Å². The van der Waals surface area contributed by atoms with Gasteiger partial charge in [-0.25, -0.2) is 19.4 Å². The van der Waals surface area contributed by atoms with Gasteiger partial charge in [0, 0.05) is 25.0 Å². The zero-order valence-corrected chi connectivity index (χ0v) is 37.1. The second-order valence-electron chi connectivity index (χ2n) is 18.6. The van der Waals surface area contributed by atoms with Crippen LogP contribution in [0.3, 0.4) is 0 Å². The maximum absolute atomic E-state index is 14.8. The van der Waals surface area contributed by atoms with Gasteiger partial charge in [-0.3, -0.25) is 24.6 Å². The predicted octanol–water partition coefficient (Wildman–Crippen LogP) is 4.89. The Kier molecular flexibility index (Phi) is 12.4. The van der Waals surface area contributed by atoms with E-state index in [1.54, 1.807) is 66.7 Å². The molecule has 3 aliphatic carbocycles. The smallest absolute Gasteiger partial charge is 0.482 e. The van der Waals surface area contributed by atoms with Gasteiger partial charge in [-0.15, -0.1) is 11.3 Å². The summed E-state index contributed by atoms with van der Waals surface area (Å²) < 4.78 is 30.4. The summed E-state index contributed by atoms with van der Waals surface area (Å²) in [5, 5.41) is 9.78. The third kappa shape index (κ3) is 9.12. The van der Waals surface area contributed by atoms with Crippen molar-refractivity contribution < 1.29 is 52.3 Å². The summed E-state index contributed by atoms with van der Waals surface area (Å²) in [5.74, 6) is -3.27. The molecular formula is C41H57BN6O11S. The van der Waals surface area contributed by atoms with Crippen LogP contribution in [0.15, 0.2) is 23.6 Å². The first-order valence-corrected chi connectivity index (χ1v) is 21.2. The largest absolute Gasteiger partial charge is 0.496 e. The number of carbonyl (C=O) groups excluding carboxylic acids is 6. The highest BCUT2D eigenvalue weighted by Crippen LogP contribution is 2.65. The Morgan fingerprint density at radius 1 is 1.00 bits per heavy atom. The number of nitrogens with one attached hydrogen (secondary N) is 3. The second kappa shape index (κ2) is 16.6. The van der Waals surface area contributed by atoms with Gasteiger partial charge < -0.3 is 39.1 Å². The van der Waals surface area contributed by atoms with Crippen LogP contribution in [-0.2, 0) is 39.6 Å². The van der Waals surface area contributed by atoms with E-state index >= 15 is 0 Å². The Morgan fingerprint density at radius 3 is 2.33 bits per heavy atom. The van der Waals surface area contributed by atoms with Crippen LogP contribution in [0.25, 0.3) is 0 Å². The first-order valence-electron chi connectivity index (χ1n) is 20.3. The summed E-state index contributed by atoms with van der Waals surface area (Å²) >= 11 is 0.988. The molecule has 2 aliphatic heterocycles. The number of urea groups is 1. The Bertz CT molecular complexity index is 2030. The van der Waals surface area contributed by atoms with Crippen LogP contribution >= 0.6 is 11.3 Å². The molecule has 3 saturated carbocycles. The lowest BCUT2D eigenvalue weighted by molar-refractivity contribution is -0.199. The summed E-state index contributed by atoms with van der Waals surface area (Å²) in [5.41, 5.74) is -1.45. The van der Waals surface area contributed by atoms with E-state index in [1.807, 2.05) is 0 Å². The summed E-state index contributed by atoms with van der Waals surface area (Å²) in [6.07, 6.45) is 0.781. The second-order valence-corrected chi connectivity index (χ2v) is 19.4. The zero-order chi connectivity index (χ0) is 44.1. The van der Waals surface area contributed by atoms with Crippen LogP contribution in [0.2, 0.25) is 0 Å². The fourth-order valence-electron chi connectivity index (χ4n) is 8.78. The number of amides is 6. The number of hydrogen-bond donors (Lipinski definition) is 3. The third-order valence-corrected chi connectivity index (χ3v) is 12.7. The van der Waals surface area contributed by atoms with E-state index in [1.165, 1.54) is 17.4 Å². The highest BCUT2D eigenvalue weighted by molar-refractivity contribution is 7.13. The fourth-order valence-corrected chi connectivity index (χ4v) is 9.50. The Balaban J connectivity index is 1.34. The van der Waals surface area contributed by atoms with Gasteiger partial charge in [-0.2, -0.15) is 0 Å². The van der Waals surface area contributed by atoms with Gasteiger partial charge in [0.1, 0.15) is 22.5 Å². The van der Waals surface area contributed by atoms with Crippen molar-refractivity contribution in [3.8, 4) is 5.75 Å². The molecule has 326 valence electrons. The number of anilines is 1. The van der Waals surface area contributed by atoms with Crippen molar-refractivity contribution in [1.29, 1.82) is 0 Å². The molecule has 2 bridgehead atoms. The standard InChI is InChI=1S/C41H57BN6O11S/c1-12-47-16-17-48(33(51)32(47)50)36(53)45-29(25-21-60-35(43-25)46-37(54)57-39(5,6)7)31(49)44-28(42-58-27-20-23-19-26(40(23,8)9)41(27,10)59-42)18-22-14-13-15-24(30(22)55-11)34(52)56-38(2,3)4/h13-15,21,23,26-29H,12,16-20H2,1-11H3,(H,44,49)(H,45,53)(H,43,46,54)/t23-,26-,27+,28-,29?,41-/m0/s1. The molecule has 6 amide bonds. The Labute approximate surface area is 355 Å². The quantitative estimate of drug-likeness (QED) is 0.157. The molecule has 5 aliphatic rings. The lowest BCUT2D eigenvalue weighted by Crippen LogP contribution is -2.65. The summed E-state index contributed by atoms with van der Waals surface area (Å²) in [4.78, 5) is 87.0. The minimum absolute atomic E-state index is 0.0275. The fraction of sp³-hybridized carbons (Fsp3) is 0.634. The molecule has 7 rings (SSSR count). The number of piperazine rings is 1. The number of benzene rings is 1. The number of esters is 1. The summed E-state index contributed by atoms with van der Waals surface area (Å²) in [6.45, 7) is 19.0. The molecule has 6 atom stereocenters. The van der Waals surface area contributed by atoms with E-state index in [9.17, 15) is 28.8 Å². The number of thiazole rings is 1. The monoisotopic (exact) mass is 852 g/mol. The van der Waals surface area contributed by atoms with Crippen molar-refractivity contribution in [2.24, 2.45) is 17.3 Å². The van der Waals surface area contributed by atoms with Crippen LogP contribution in [-0.4, -0.2) is 113 Å². The van der Waals surface area contributed by atoms with Gasteiger partial charge in [0.25, 0.3) is 0 Å². The zero-order valence-electron chi connectivity index (χ0n) is 36.3. The molecule has 19 heteroatoms. The highest BCUT2D eigenvalue weighted by atomic mass is 32.1. The van der Waals surface area contributed by atoms with Crippen molar-refractivity contribution >= 4 is 59.4 Å². The molecule has 1 aromatic heterocycles. The number of carbonyl (C=O) groups is 6. The molecule has 2 saturated heterocycles. The molecule has 2 aromatic rings. The van der Waals surface area contributed by atoms with Gasteiger partial charge >= 0.3 is 37.0 Å². The third-order valence-electron chi connectivity index (χ3n) is 11.9. The lowest BCUT2D eigenvalue weighted by Gasteiger charge is -2.64. The average molecular weight is 853 g/mol. The van der Waals surface area contributed by atoms with Gasteiger partial charge in [0.15, 0.2) is 11.2 Å². The van der Waals surface area contributed by atoms with Crippen LogP contribution in [0, 0.1) is 17.3 Å². The number of para-hydroxylation sites is 1. The van der Waals surface area contributed by atoms with Crippen LogP contribution < -0.4 is 20.7 Å². The first kappa shape index (κ1) is 44.8. The van der Waals surface area contributed by atoms with Crippen molar-refractivity contribution in [2.45, 2.75) is 123 Å². The number of rotatable bonds is 11. The number of ether oxygens (including phenoxy) is 3. The van der Waals surface area contributed by atoms with E-state index < -0.39 is 71.7 Å². The molecular weight excluding hydrogens is 795 g/mol. The molecule has 5 fully saturated rings. The Morgan fingerprint density at radius 2 is 1.70 bits per heavy atom.